The van der Waals surface area contributed by atoms with Crippen molar-refractivity contribution in [2.24, 2.45) is 10.2 Å². The van der Waals surface area contributed by atoms with Crippen molar-refractivity contribution in [1.29, 1.82) is 0 Å². The Hall–Kier alpha value is -3.40. The van der Waals surface area contributed by atoms with Crippen LogP contribution in [0.3, 0.4) is 0 Å². The zero-order valence-corrected chi connectivity index (χ0v) is 13.1. The lowest BCUT2D eigenvalue weighted by atomic mass is 10.1. The van der Waals surface area contributed by atoms with Crippen LogP contribution in [0.2, 0.25) is 0 Å². The van der Waals surface area contributed by atoms with Crippen molar-refractivity contribution in [3.8, 4) is 0 Å². The predicted molar refractivity (Wildman–Crippen MR) is 102 cm³/mol. The van der Waals surface area contributed by atoms with Crippen molar-refractivity contribution in [3.05, 3.63) is 96.1 Å². The average molecular weight is 314 g/mol. The Morgan fingerprint density at radius 2 is 0.875 bits per heavy atom. The van der Waals surface area contributed by atoms with Gasteiger partial charge in [0.05, 0.1) is 23.8 Å². The molecule has 4 heteroatoms. The van der Waals surface area contributed by atoms with E-state index in [1.165, 1.54) is 0 Å². The number of hydrazone groups is 2. The summed E-state index contributed by atoms with van der Waals surface area (Å²) in [6, 6.07) is 27.6. The number of benzene rings is 3. The summed E-state index contributed by atoms with van der Waals surface area (Å²) in [6.07, 6.45) is 3.58. The third-order valence-electron chi connectivity index (χ3n) is 3.34. The van der Waals surface area contributed by atoms with E-state index in [-0.39, 0.29) is 0 Å². The Balaban J connectivity index is 1.66. The topological polar surface area (TPSA) is 48.8 Å². The van der Waals surface area contributed by atoms with E-state index >= 15 is 0 Å². The molecule has 24 heavy (non-hydrogen) atoms. The van der Waals surface area contributed by atoms with E-state index in [1.807, 2.05) is 84.9 Å². The number of rotatable bonds is 6. The minimum atomic E-state index is 0.950. The molecule has 0 aliphatic rings. The molecule has 3 rings (SSSR count). The Morgan fingerprint density at radius 3 is 1.29 bits per heavy atom. The van der Waals surface area contributed by atoms with Crippen LogP contribution in [-0.2, 0) is 0 Å². The third-order valence-corrected chi connectivity index (χ3v) is 3.34. The van der Waals surface area contributed by atoms with Gasteiger partial charge in [0.1, 0.15) is 0 Å². The van der Waals surface area contributed by atoms with Gasteiger partial charge in [-0.2, -0.15) is 10.2 Å². The first-order valence-corrected chi connectivity index (χ1v) is 7.69. The Bertz CT molecular complexity index is 741. The van der Waals surface area contributed by atoms with Gasteiger partial charge in [0, 0.05) is 11.1 Å². The van der Waals surface area contributed by atoms with Gasteiger partial charge >= 0.3 is 0 Å². The van der Waals surface area contributed by atoms with Crippen molar-refractivity contribution in [2.45, 2.75) is 0 Å². The van der Waals surface area contributed by atoms with Crippen LogP contribution in [0.15, 0.2) is 95.1 Å². The average Bonchev–Trinajstić information content (AvgIpc) is 2.65. The van der Waals surface area contributed by atoms with Gasteiger partial charge in [-0.1, -0.05) is 60.7 Å². The lowest BCUT2D eigenvalue weighted by Crippen LogP contribution is -1.96. The summed E-state index contributed by atoms with van der Waals surface area (Å²) in [5, 5.41) is 8.56. The zero-order chi connectivity index (χ0) is 16.5. The third kappa shape index (κ3) is 4.55. The van der Waals surface area contributed by atoms with Crippen LogP contribution in [0, 0.1) is 0 Å². The number of para-hydroxylation sites is 2. The van der Waals surface area contributed by atoms with Crippen LogP contribution in [0.25, 0.3) is 0 Å². The monoisotopic (exact) mass is 314 g/mol. The summed E-state index contributed by atoms with van der Waals surface area (Å²) < 4.78 is 0. The Labute approximate surface area is 141 Å². The molecule has 2 N–H and O–H groups in total. The Morgan fingerprint density at radius 1 is 0.500 bits per heavy atom. The normalized spacial score (nSPS) is 11.0. The van der Waals surface area contributed by atoms with Crippen LogP contribution < -0.4 is 10.9 Å². The van der Waals surface area contributed by atoms with Crippen LogP contribution in [0.5, 0.6) is 0 Å². The second kappa shape index (κ2) is 8.29. The second-order valence-electron chi connectivity index (χ2n) is 5.10. The number of anilines is 2. The smallest absolute Gasteiger partial charge is 0.0561 e. The van der Waals surface area contributed by atoms with E-state index in [2.05, 4.69) is 21.1 Å². The highest BCUT2D eigenvalue weighted by molar-refractivity contribution is 5.94. The molecule has 0 fully saturated rings. The molecule has 0 aliphatic carbocycles. The molecule has 4 nitrogen and oxygen atoms in total. The largest absolute Gasteiger partial charge is 0.279 e. The van der Waals surface area contributed by atoms with E-state index in [0.717, 1.165) is 22.5 Å². The van der Waals surface area contributed by atoms with Crippen molar-refractivity contribution >= 4 is 23.8 Å². The zero-order valence-electron chi connectivity index (χ0n) is 13.1. The van der Waals surface area contributed by atoms with E-state index in [4.69, 9.17) is 0 Å². The van der Waals surface area contributed by atoms with E-state index < -0.39 is 0 Å². The molecule has 0 amide bonds. The SMILES string of the molecule is C(=NNc1ccccc1)c1ccccc1C=NNc1ccccc1. The molecule has 0 unspecified atom stereocenters. The quantitative estimate of drug-likeness (QED) is 0.517. The van der Waals surface area contributed by atoms with Crippen LogP contribution in [-0.4, -0.2) is 12.4 Å². The molecule has 0 saturated carbocycles. The minimum Gasteiger partial charge on any atom is -0.279 e. The van der Waals surface area contributed by atoms with Gasteiger partial charge in [-0.15, -0.1) is 0 Å². The number of hydrogen-bond donors (Lipinski definition) is 2. The number of hydrogen-bond acceptors (Lipinski definition) is 4. The van der Waals surface area contributed by atoms with Gasteiger partial charge < -0.3 is 0 Å². The maximum Gasteiger partial charge on any atom is 0.0561 e. The maximum absolute atomic E-state index is 4.28. The first-order chi connectivity index (χ1) is 11.9. The lowest BCUT2D eigenvalue weighted by Gasteiger charge is -2.02. The first-order valence-electron chi connectivity index (χ1n) is 7.69. The predicted octanol–water partition coefficient (Wildman–Crippen LogP) is 4.58. The van der Waals surface area contributed by atoms with E-state index in [0.29, 0.717) is 0 Å². The van der Waals surface area contributed by atoms with Gasteiger partial charge in [-0.05, 0) is 24.3 Å². The molecule has 0 aliphatic heterocycles. The van der Waals surface area contributed by atoms with Gasteiger partial charge in [-0.25, -0.2) is 0 Å². The fourth-order valence-corrected chi connectivity index (χ4v) is 2.12. The molecular formula is C20H18N4. The molecule has 3 aromatic rings. The number of nitrogens with zero attached hydrogens (tertiary/aromatic N) is 2. The molecule has 0 bridgehead atoms. The van der Waals surface area contributed by atoms with Crippen molar-refractivity contribution in [1.82, 2.24) is 0 Å². The highest BCUT2D eigenvalue weighted by atomic mass is 15.3. The van der Waals surface area contributed by atoms with Crippen molar-refractivity contribution in [3.63, 3.8) is 0 Å². The molecule has 118 valence electrons. The lowest BCUT2D eigenvalue weighted by molar-refractivity contribution is 1.34. The molecule has 0 radical (unpaired) electrons. The minimum absolute atomic E-state index is 0.950. The summed E-state index contributed by atoms with van der Waals surface area (Å²) in [7, 11) is 0. The van der Waals surface area contributed by atoms with Gasteiger partial charge in [-0.3, -0.25) is 10.9 Å². The molecule has 3 aromatic carbocycles. The first kappa shape index (κ1) is 15.5. The molecular weight excluding hydrogens is 296 g/mol. The van der Waals surface area contributed by atoms with Gasteiger partial charge in [0.2, 0.25) is 0 Å². The maximum atomic E-state index is 4.28. The molecule has 0 heterocycles. The summed E-state index contributed by atoms with van der Waals surface area (Å²) in [4.78, 5) is 0. The fourth-order valence-electron chi connectivity index (χ4n) is 2.12. The summed E-state index contributed by atoms with van der Waals surface area (Å²) >= 11 is 0. The van der Waals surface area contributed by atoms with Gasteiger partial charge in [0.15, 0.2) is 0 Å². The number of nitrogens with one attached hydrogen (secondary N) is 2. The van der Waals surface area contributed by atoms with E-state index in [1.54, 1.807) is 12.4 Å². The molecule has 0 aromatic heterocycles. The van der Waals surface area contributed by atoms with Gasteiger partial charge in [0.25, 0.3) is 0 Å². The molecule has 0 atom stereocenters. The molecule has 0 saturated heterocycles. The summed E-state index contributed by atoms with van der Waals surface area (Å²) in [6.45, 7) is 0. The highest BCUT2D eigenvalue weighted by Crippen LogP contribution is 2.08. The van der Waals surface area contributed by atoms with Crippen molar-refractivity contribution in [2.75, 3.05) is 10.9 Å². The highest BCUT2D eigenvalue weighted by Gasteiger charge is 1.96. The van der Waals surface area contributed by atoms with Crippen LogP contribution in [0.1, 0.15) is 11.1 Å². The van der Waals surface area contributed by atoms with Crippen LogP contribution >= 0.6 is 0 Å². The molecule has 0 spiro atoms. The summed E-state index contributed by atoms with van der Waals surface area (Å²) in [5.41, 5.74) is 9.89. The van der Waals surface area contributed by atoms with Crippen LogP contribution in [0.4, 0.5) is 11.4 Å². The van der Waals surface area contributed by atoms with Crippen molar-refractivity contribution < 1.29 is 0 Å². The Kier molecular flexibility index (Phi) is 5.35. The second-order valence-corrected chi connectivity index (χ2v) is 5.10. The van der Waals surface area contributed by atoms with E-state index in [9.17, 15) is 0 Å². The fraction of sp³-hybridized carbons (Fsp3) is 0. The summed E-state index contributed by atoms with van der Waals surface area (Å²) in [5.74, 6) is 0. The standard InChI is InChI=1S/C20H18N4/c1-3-11-19(12-4-1)23-21-15-17-9-7-8-10-18(17)16-22-24-20-13-5-2-6-14-20/h1-16,23-24H.